The third kappa shape index (κ3) is 6.73. The lowest BCUT2D eigenvalue weighted by atomic mass is 10.2. The topological polar surface area (TPSA) is 85.9 Å². The van der Waals surface area contributed by atoms with Crippen LogP contribution in [0.4, 0.5) is 10.5 Å². The van der Waals surface area contributed by atoms with Crippen molar-refractivity contribution in [2.75, 3.05) is 39.0 Å². The molecule has 0 aromatic heterocycles. The molecule has 0 saturated heterocycles. The van der Waals surface area contributed by atoms with E-state index in [1.54, 1.807) is 38.3 Å². The summed E-state index contributed by atoms with van der Waals surface area (Å²) in [7, 11) is 1.57. The van der Waals surface area contributed by atoms with Crippen molar-refractivity contribution in [2.45, 2.75) is 6.92 Å². The number of rotatable bonds is 8. The molecule has 7 nitrogen and oxygen atoms in total. The molecule has 0 radical (unpaired) electrons. The van der Waals surface area contributed by atoms with Crippen molar-refractivity contribution in [1.82, 2.24) is 5.32 Å². The van der Waals surface area contributed by atoms with Gasteiger partial charge in [-0.1, -0.05) is 0 Å². The number of esters is 1. The lowest BCUT2D eigenvalue weighted by molar-refractivity contribution is 0.0526. The summed E-state index contributed by atoms with van der Waals surface area (Å²) in [6.45, 7) is 3.04. The summed E-state index contributed by atoms with van der Waals surface area (Å²) in [4.78, 5) is 23.0. The lowest BCUT2D eigenvalue weighted by Gasteiger charge is -2.08. The van der Waals surface area contributed by atoms with E-state index in [2.05, 4.69) is 10.6 Å². The fourth-order valence-corrected chi connectivity index (χ4v) is 1.41. The highest BCUT2D eigenvalue weighted by Crippen LogP contribution is 2.10. The van der Waals surface area contributed by atoms with Gasteiger partial charge in [0.2, 0.25) is 0 Å². The van der Waals surface area contributed by atoms with Gasteiger partial charge in [-0.05, 0) is 31.2 Å². The fraction of sp³-hybridized carbons (Fsp3) is 0.429. The molecule has 0 fully saturated rings. The van der Waals surface area contributed by atoms with Gasteiger partial charge in [0, 0.05) is 12.8 Å². The second-order valence-corrected chi connectivity index (χ2v) is 3.97. The van der Waals surface area contributed by atoms with Crippen LogP contribution in [0.25, 0.3) is 0 Å². The van der Waals surface area contributed by atoms with Gasteiger partial charge in [0.25, 0.3) is 0 Å². The second-order valence-electron chi connectivity index (χ2n) is 3.97. The summed E-state index contributed by atoms with van der Waals surface area (Å²) < 4.78 is 14.8. The second kappa shape index (κ2) is 9.73. The summed E-state index contributed by atoms with van der Waals surface area (Å²) in [6.07, 6.45) is 0. The Morgan fingerprint density at radius 3 is 2.48 bits per heavy atom. The number of urea groups is 1. The number of ether oxygens (including phenoxy) is 3. The SMILES string of the molecule is CCOC(=O)c1ccc(NC(=O)NCOCCOC)cc1. The zero-order chi connectivity index (χ0) is 15.5. The molecule has 21 heavy (non-hydrogen) atoms. The van der Waals surface area contributed by atoms with E-state index in [4.69, 9.17) is 14.2 Å². The van der Waals surface area contributed by atoms with Crippen molar-refractivity contribution in [3.63, 3.8) is 0 Å². The molecule has 0 aliphatic rings. The molecule has 0 aliphatic carbocycles. The van der Waals surface area contributed by atoms with Crippen molar-refractivity contribution in [3.8, 4) is 0 Å². The third-order valence-electron chi connectivity index (χ3n) is 2.42. The molecule has 1 aromatic rings. The minimum atomic E-state index is -0.392. The predicted molar refractivity (Wildman–Crippen MR) is 77.2 cm³/mol. The van der Waals surface area contributed by atoms with E-state index in [1.165, 1.54) is 0 Å². The number of hydrogen-bond donors (Lipinski definition) is 2. The highest BCUT2D eigenvalue weighted by Gasteiger charge is 2.06. The Morgan fingerprint density at radius 2 is 1.86 bits per heavy atom. The minimum absolute atomic E-state index is 0.0934. The van der Waals surface area contributed by atoms with Crippen LogP contribution in [0.3, 0.4) is 0 Å². The number of methoxy groups -OCH3 is 1. The van der Waals surface area contributed by atoms with E-state index in [1.807, 2.05) is 0 Å². The first-order chi connectivity index (χ1) is 10.2. The molecule has 0 atom stereocenters. The van der Waals surface area contributed by atoms with E-state index in [0.29, 0.717) is 31.1 Å². The van der Waals surface area contributed by atoms with Crippen molar-refractivity contribution < 1.29 is 23.8 Å². The average Bonchev–Trinajstić information content (AvgIpc) is 2.48. The van der Waals surface area contributed by atoms with Crippen LogP contribution in [0.15, 0.2) is 24.3 Å². The van der Waals surface area contributed by atoms with E-state index in [9.17, 15) is 9.59 Å². The zero-order valence-corrected chi connectivity index (χ0v) is 12.2. The van der Waals surface area contributed by atoms with Crippen molar-refractivity contribution >= 4 is 17.7 Å². The van der Waals surface area contributed by atoms with Gasteiger partial charge in [-0.2, -0.15) is 0 Å². The van der Waals surface area contributed by atoms with Gasteiger partial charge in [0.05, 0.1) is 25.4 Å². The lowest BCUT2D eigenvalue weighted by Crippen LogP contribution is -2.31. The highest BCUT2D eigenvalue weighted by atomic mass is 16.5. The average molecular weight is 296 g/mol. The van der Waals surface area contributed by atoms with Gasteiger partial charge in [0.15, 0.2) is 0 Å². The molecule has 0 heterocycles. The number of hydrogen-bond acceptors (Lipinski definition) is 5. The van der Waals surface area contributed by atoms with Crippen LogP contribution < -0.4 is 10.6 Å². The number of carbonyl (C=O) groups excluding carboxylic acids is 2. The Hall–Kier alpha value is -2.12. The van der Waals surface area contributed by atoms with Gasteiger partial charge in [-0.25, -0.2) is 9.59 Å². The zero-order valence-electron chi connectivity index (χ0n) is 12.2. The Kier molecular flexibility index (Phi) is 7.85. The van der Waals surface area contributed by atoms with Crippen LogP contribution >= 0.6 is 0 Å². The summed E-state index contributed by atoms with van der Waals surface area (Å²) in [6, 6.07) is 6.02. The Morgan fingerprint density at radius 1 is 1.14 bits per heavy atom. The van der Waals surface area contributed by atoms with Crippen molar-refractivity contribution in [3.05, 3.63) is 29.8 Å². The van der Waals surface area contributed by atoms with E-state index < -0.39 is 6.03 Å². The van der Waals surface area contributed by atoms with E-state index >= 15 is 0 Å². The van der Waals surface area contributed by atoms with Crippen LogP contribution in [0.1, 0.15) is 17.3 Å². The van der Waals surface area contributed by atoms with Gasteiger partial charge < -0.3 is 24.8 Å². The highest BCUT2D eigenvalue weighted by molar-refractivity contribution is 5.92. The third-order valence-corrected chi connectivity index (χ3v) is 2.42. The molecular formula is C14H20N2O5. The van der Waals surface area contributed by atoms with Crippen molar-refractivity contribution in [1.29, 1.82) is 0 Å². The standard InChI is InChI=1S/C14H20N2O5/c1-3-21-13(17)11-4-6-12(7-5-11)16-14(18)15-10-20-9-8-19-2/h4-7H,3,8-10H2,1-2H3,(H2,15,16,18). The molecule has 0 bridgehead atoms. The first kappa shape index (κ1) is 16.9. The summed E-state index contributed by atoms with van der Waals surface area (Å²) in [5.74, 6) is -0.389. The minimum Gasteiger partial charge on any atom is -0.462 e. The maximum absolute atomic E-state index is 11.5. The summed E-state index contributed by atoms with van der Waals surface area (Å²) >= 11 is 0. The van der Waals surface area contributed by atoms with E-state index in [0.717, 1.165) is 0 Å². The molecule has 1 rings (SSSR count). The molecule has 0 aliphatic heterocycles. The number of nitrogens with one attached hydrogen (secondary N) is 2. The van der Waals surface area contributed by atoms with Gasteiger partial charge >= 0.3 is 12.0 Å². The first-order valence-electron chi connectivity index (χ1n) is 6.56. The van der Waals surface area contributed by atoms with E-state index in [-0.39, 0.29) is 12.7 Å². The molecule has 1 aromatic carbocycles. The Labute approximate surface area is 123 Å². The Balaban J connectivity index is 2.34. The van der Waals surface area contributed by atoms with Crippen LogP contribution in [-0.4, -0.2) is 45.7 Å². The molecule has 0 unspecified atom stereocenters. The smallest absolute Gasteiger partial charge is 0.338 e. The molecule has 116 valence electrons. The van der Waals surface area contributed by atoms with Crippen LogP contribution in [0.2, 0.25) is 0 Å². The molecule has 0 spiro atoms. The summed E-state index contributed by atoms with van der Waals surface area (Å²) in [5.41, 5.74) is 1.00. The first-order valence-corrected chi connectivity index (χ1v) is 6.56. The fourth-order valence-electron chi connectivity index (χ4n) is 1.41. The van der Waals surface area contributed by atoms with Crippen LogP contribution in [0, 0.1) is 0 Å². The number of anilines is 1. The normalized spacial score (nSPS) is 10.0. The number of benzene rings is 1. The Bertz CT molecular complexity index is 447. The van der Waals surface area contributed by atoms with Crippen LogP contribution in [0.5, 0.6) is 0 Å². The van der Waals surface area contributed by atoms with Crippen molar-refractivity contribution in [2.24, 2.45) is 0 Å². The largest absolute Gasteiger partial charge is 0.462 e. The summed E-state index contributed by atoms with van der Waals surface area (Å²) in [5, 5.41) is 5.15. The molecule has 2 N–H and O–H groups in total. The predicted octanol–water partition coefficient (Wildman–Crippen LogP) is 1.61. The molecule has 2 amide bonds. The molecule has 0 saturated carbocycles. The maximum atomic E-state index is 11.5. The maximum Gasteiger partial charge on any atom is 0.338 e. The molecule has 7 heteroatoms. The number of amides is 2. The molecular weight excluding hydrogens is 276 g/mol. The quantitative estimate of drug-likeness (QED) is 0.432. The number of carbonyl (C=O) groups is 2. The monoisotopic (exact) mass is 296 g/mol. The van der Waals surface area contributed by atoms with Gasteiger partial charge in [-0.3, -0.25) is 0 Å². The van der Waals surface area contributed by atoms with Crippen LogP contribution in [-0.2, 0) is 14.2 Å². The van der Waals surface area contributed by atoms with Gasteiger partial charge in [-0.15, -0.1) is 0 Å². The van der Waals surface area contributed by atoms with Gasteiger partial charge in [0.1, 0.15) is 6.73 Å².